The fraction of sp³-hybridized carbons (Fsp3) is 0.417. The molecule has 4 heteroatoms. The van der Waals surface area contributed by atoms with Gasteiger partial charge in [0.25, 0.3) is 0 Å². The maximum atomic E-state index is 11.4. The maximum Gasteiger partial charge on any atom is 0.238 e. The number of methoxy groups -OCH3 is 1. The van der Waals surface area contributed by atoms with Gasteiger partial charge in [0, 0.05) is 12.8 Å². The Morgan fingerprint density at radius 1 is 1.50 bits per heavy atom. The molecule has 0 bridgehead atoms. The third-order valence-electron chi connectivity index (χ3n) is 2.33. The Morgan fingerprint density at radius 2 is 2.25 bits per heavy atom. The summed E-state index contributed by atoms with van der Waals surface area (Å²) in [4.78, 5) is 11.4. The Kier molecular flexibility index (Phi) is 4.95. The summed E-state index contributed by atoms with van der Waals surface area (Å²) in [7, 11) is 3.40. The van der Waals surface area contributed by atoms with E-state index in [0.29, 0.717) is 6.54 Å². The Hall–Kier alpha value is -1.39. The lowest BCUT2D eigenvalue weighted by Crippen LogP contribution is -2.25. The third kappa shape index (κ3) is 3.64. The fourth-order valence-corrected chi connectivity index (χ4v) is 1.37. The number of anilines is 1. The molecule has 1 amide bonds. The molecule has 0 aromatic heterocycles. The topological polar surface area (TPSA) is 50.4 Å². The minimum Gasteiger partial charge on any atom is -0.377 e. The molecule has 16 heavy (non-hydrogen) atoms. The fourth-order valence-electron chi connectivity index (χ4n) is 1.37. The molecule has 0 heterocycles. The number of carbonyl (C=O) groups is 1. The van der Waals surface area contributed by atoms with Crippen LogP contribution in [0.2, 0.25) is 0 Å². The van der Waals surface area contributed by atoms with Crippen LogP contribution in [0.5, 0.6) is 0 Å². The molecule has 1 aromatic rings. The first-order valence-electron chi connectivity index (χ1n) is 5.24. The van der Waals surface area contributed by atoms with Gasteiger partial charge in [0.15, 0.2) is 0 Å². The molecule has 88 valence electrons. The molecular weight excluding hydrogens is 204 g/mol. The van der Waals surface area contributed by atoms with Crippen LogP contribution in [0.25, 0.3) is 0 Å². The molecule has 2 N–H and O–H groups in total. The molecule has 0 aliphatic carbocycles. The predicted octanol–water partition coefficient (Wildman–Crippen LogP) is 1.55. The van der Waals surface area contributed by atoms with Crippen molar-refractivity contribution >= 4 is 11.6 Å². The van der Waals surface area contributed by atoms with E-state index in [1.807, 2.05) is 31.2 Å². The lowest BCUT2D eigenvalue weighted by molar-refractivity contribution is -0.115. The molecule has 4 nitrogen and oxygen atoms in total. The minimum absolute atomic E-state index is 0.0288. The van der Waals surface area contributed by atoms with Crippen LogP contribution in [0, 0.1) is 0 Å². The maximum absolute atomic E-state index is 11.4. The molecule has 1 aromatic carbocycles. The monoisotopic (exact) mass is 222 g/mol. The van der Waals surface area contributed by atoms with Gasteiger partial charge < -0.3 is 15.4 Å². The molecule has 1 rings (SSSR count). The van der Waals surface area contributed by atoms with Crippen LogP contribution < -0.4 is 10.6 Å². The highest BCUT2D eigenvalue weighted by Gasteiger charge is 2.05. The number of hydrogen-bond donors (Lipinski definition) is 2. The van der Waals surface area contributed by atoms with Crippen LogP contribution in [-0.4, -0.2) is 26.6 Å². The highest BCUT2D eigenvalue weighted by molar-refractivity contribution is 5.92. The van der Waals surface area contributed by atoms with Gasteiger partial charge in [0.1, 0.15) is 0 Å². The van der Waals surface area contributed by atoms with Gasteiger partial charge in [-0.05, 0) is 31.7 Å². The zero-order valence-electron chi connectivity index (χ0n) is 9.91. The summed E-state index contributed by atoms with van der Waals surface area (Å²) in [6.45, 7) is 2.28. The highest BCUT2D eigenvalue weighted by atomic mass is 16.5. The Balaban J connectivity index is 2.71. The Morgan fingerprint density at radius 3 is 2.88 bits per heavy atom. The first-order valence-corrected chi connectivity index (χ1v) is 5.24. The molecule has 0 aliphatic rings. The zero-order chi connectivity index (χ0) is 12.0. The number of likely N-dealkylation sites (N-methyl/N-ethyl adjacent to an activating group) is 1. The summed E-state index contributed by atoms with van der Waals surface area (Å²) in [5.41, 5.74) is 1.84. The number of carbonyl (C=O) groups excluding carboxylic acids is 1. The van der Waals surface area contributed by atoms with E-state index in [9.17, 15) is 4.79 Å². The predicted molar refractivity (Wildman–Crippen MR) is 64.4 cm³/mol. The summed E-state index contributed by atoms with van der Waals surface area (Å²) >= 11 is 0. The number of rotatable bonds is 5. The van der Waals surface area contributed by atoms with Gasteiger partial charge in [0.05, 0.1) is 12.6 Å². The summed E-state index contributed by atoms with van der Waals surface area (Å²) < 4.78 is 5.22. The van der Waals surface area contributed by atoms with Crippen LogP contribution >= 0.6 is 0 Å². The second kappa shape index (κ2) is 6.25. The molecule has 0 saturated carbocycles. The van der Waals surface area contributed by atoms with Crippen molar-refractivity contribution < 1.29 is 9.53 Å². The smallest absolute Gasteiger partial charge is 0.238 e. The second-order valence-electron chi connectivity index (χ2n) is 3.58. The van der Waals surface area contributed by atoms with E-state index in [0.717, 1.165) is 11.3 Å². The van der Waals surface area contributed by atoms with Crippen LogP contribution in [0.4, 0.5) is 5.69 Å². The van der Waals surface area contributed by atoms with Crippen LogP contribution in [0.3, 0.4) is 0 Å². The number of amides is 1. The van der Waals surface area contributed by atoms with Crippen LogP contribution in [-0.2, 0) is 9.53 Å². The van der Waals surface area contributed by atoms with Crippen molar-refractivity contribution in [3.63, 3.8) is 0 Å². The van der Waals surface area contributed by atoms with Gasteiger partial charge in [-0.25, -0.2) is 0 Å². The van der Waals surface area contributed by atoms with Gasteiger partial charge >= 0.3 is 0 Å². The first-order chi connectivity index (χ1) is 7.67. The van der Waals surface area contributed by atoms with Gasteiger partial charge in [-0.15, -0.1) is 0 Å². The van der Waals surface area contributed by atoms with Gasteiger partial charge in [-0.3, -0.25) is 4.79 Å². The lowest BCUT2D eigenvalue weighted by Gasteiger charge is -2.11. The summed E-state index contributed by atoms with van der Waals surface area (Å²) in [5, 5.41) is 5.60. The van der Waals surface area contributed by atoms with Gasteiger partial charge in [-0.1, -0.05) is 12.1 Å². The molecule has 0 radical (unpaired) electrons. The lowest BCUT2D eigenvalue weighted by atomic mass is 10.1. The second-order valence-corrected chi connectivity index (χ2v) is 3.58. The van der Waals surface area contributed by atoms with Crippen molar-refractivity contribution in [1.29, 1.82) is 0 Å². The number of hydrogen-bond acceptors (Lipinski definition) is 3. The molecule has 0 spiro atoms. The Bertz CT molecular complexity index is 353. The molecule has 1 atom stereocenters. The minimum atomic E-state index is -0.0512. The highest BCUT2D eigenvalue weighted by Crippen LogP contribution is 2.19. The molecule has 1 unspecified atom stereocenters. The van der Waals surface area contributed by atoms with E-state index < -0.39 is 0 Å². The first kappa shape index (κ1) is 12.7. The van der Waals surface area contributed by atoms with Gasteiger partial charge in [0.2, 0.25) is 5.91 Å². The van der Waals surface area contributed by atoms with E-state index in [-0.39, 0.29) is 12.0 Å². The van der Waals surface area contributed by atoms with Crippen molar-refractivity contribution in [2.75, 3.05) is 26.0 Å². The third-order valence-corrected chi connectivity index (χ3v) is 2.33. The van der Waals surface area contributed by atoms with Crippen molar-refractivity contribution in [2.45, 2.75) is 13.0 Å². The molecule has 0 aliphatic heterocycles. The average Bonchev–Trinajstić information content (AvgIpc) is 2.28. The van der Waals surface area contributed by atoms with E-state index in [4.69, 9.17) is 4.74 Å². The quantitative estimate of drug-likeness (QED) is 0.794. The number of nitrogens with one attached hydrogen (secondary N) is 2. The van der Waals surface area contributed by atoms with Crippen molar-refractivity contribution in [3.8, 4) is 0 Å². The summed E-state index contributed by atoms with van der Waals surface area (Å²) in [6, 6.07) is 7.66. The molecule has 0 saturated heterocycles. The van der Waals surface area contributed by atoms with Crippen LogP contribution in [0.1, 0.15) is 18.6 Å². The SMILES string of the molecule is CNCC(=O)Nc1cccc(C(C)OC)c1. The molecular formula is C12H18N2O2. The van der Waals surface area contributed by atoms with E-state index >= 15 is 0 Å². The standard InChI is InChI=1S/C12H18N2O2/c1-9(16-3)10-5-4-6-11(7-10)14-12(15)8-13-2/h4-7,9,13H,8H2,1-3H3,(H,14,15). The van der Waals surface area contributed by atoms with Crippen molar-refractivity contribution in [1.82, 2.24) is 5.32 Å². The zero-order valence-corrected chi connectivity index (χ0v) is 9.91. The van der Waals surface area contributed by atoms with Gasteiger partial charge in [-0.2, -0.15) is 0 Å². The largest absolute Gasteiger partial charge is 0.377 e. The number of ether oxygens (including phenoxy) is 1. The van der Waals surface area contributed by atoms with Crippen LogP contribution in [0.15, 0.2) is 24.3 Å². The summed E-state index contributed by atoms with van der Waals surface area (Å²) in [6.07, 6.45) is 0.0288. The normalized spacial score (nSPS) is 12.2. The van der Waals surface area contributed by atoms with Crippen molar-refractivity contribution in [3.05, 3.63) is 29.8 Å². The Labute approximate surface area is 96.0 Å². The molecule has 0 fully saturated rings. The summed E-state index contributed by atoms with van der Waals surface area (Å²) in [5.74, 6) is -0.0512. The average molecular weight is 222 g/mol. The van der Waals surface area contributed by atoms with Crippen molar-refractivity contribution in [2.24, 2.45) is 0 Å². The van der Waals surface area contributed by atoms with E-state index in [1.54, 1.807) is 14.2 Å². The van der Waals surface area contributed by atoms with E-state index in [2.05, 4.69) is 10.6 Å². The van der Waals surface area contributed by atoms with E-state index in [1.165, 1.54) is 0 Å². The number of benzene rings is 1.